The zero-order chi connectivity index (χ0) is 20.6. The molecule has 2 heterocycles. The first-order valence-corrected chi connectivity index (χ1v) is 11.4. The van der Waals surface area contributed by atoms with E-state index in [9.17, 15) is 9.59 Å². The third-order valence-corrected chi connectivity index (χ3v) is 7.41. The molecule has 1 aliphatic heterocycles. The van der Waals surface area contributed by atoms with E-state index < -0.39 is 5.41 Å². The van der Waals surface area contributed by atoms with Gasteiger partial charge in [-0.15, -0.1) is 11.3 Å². The number of amides is 2. The van der Waals surface area contributed by atoms with Gasteiger partial charge in [0, 0.05) is 38.0 Å². The van der Waals surface area contributed by atoms with Gasteiger partial charge in [0.1, 0.15) is 0 Å². The average Bonchev–Trinajstić information content (AvgIpc) is 3.21. The molecule has 1 aromatic carbocycles. The predicted molar refractivity (Wildman–Crippen MR) is 118 cm³/mol. The maximum absolute atomic E-state index is 13.4. The molecule has 2 amide bonds. The van der Waals surface area contributed by atoms with Crippen LogP contribution in [-0.4, -0.2) is 48.8 Å². The van der Waals surface area contributed by atoms with E-state index in [-0.39, 0.29) is 17.7 Å². The molecule has 5 heteroatoms. The molecule has 4 nitrogen and oxygen atoms in total. The summed E-state index contributed by atoms with van der Waals surface area (Å²) in [4.78, 5) is 31.3. The minimum absolute atomic E-state index is 0.139. The SMILES string of the molecule is C[C@@H]1C[C@H]1C(=O)N1CCC[C@](Cc2ccccc2-c2cccs2)(C(=O)N(C)C)C1. The third-order valence-electron chi connectivity index (χ3n) is 6.51. The highest BCUT2D eigenvalue weighted by molar-refractivity contribution is 7.13. The maximum atomic E-state index is 13.4. The second-order valence-corrected chi connectivity index (χ2v) is 9.92. The van der Waals surface area contributed by atoms with Crippen LogP contribution in [0.15, 0.2) is 41.8 Å². The fraction of sp³-hybridized carbons (Fsp3) is 0.500. The highest BCUT2D eigenvalue weighted by Crippen LogP contribution is 2.43. The summed E-state index contributed by atoms with van der Waals surface area (Å²) in [6.07, 6.45) is 3.37. The Morgan fingerprint density at radius 3 is 2.62 bits per heavy atom. The number of rotatable bonds is 5. The van der Waals surface area contributed by atoms with Crippen LogP contribution in [0.4, 0.5) is 0 Å². The summed E-state index contributed by atoms with van der Waals surface area (Å²) in [5.41, 5.74) is 1.84. The van der Waals surface area contributed by atoms with E-state index in [1.54, 1.807) is 16.2 Å². The van der Waals surface area contributed by atoms with Gasteiger partial charge in [0.25, 0.3) is 0 Å². The van der Waals surface area contributed by atoms with E-state index in [1.807, 2.05) is 19.0 Å². The van der Waals surface area contributed by atoms with Crippen molar-refractivity contribution in [2.75, 3.05) is 27.2 Å². The molecule has 1 saturated carbocycles. The number of benzene rings is 1. The van der Waals surface area contributed by atoms with Crippen LogP contribution in [0.25, 0.3) is 10.4 Å². The first kappa shape index (κ1) is 20.1. The Morgan fingerprint density at radius 1 is 1.21 bits per heavy atom. The average molecular weight is 411 g/mol. The van der Waals surface area contributed by atoms with E-state index in [0.717, 1.165) is 25.8 Å². The number of piperidine rings is 1. The molecule has 2 fully saturated rings. The molecule has 4 rings (SSSR count). The first-order valence-electron chi connectivity index (χ1n) is 10.5. The van der Waals surface area contributed by atoms with Crippen molar-refractivity contribution in [1.29, 1.82) is 0 Å². The summed E-state index contributed by atoms with van der Waals surface area (Å²) in [7, 11) is 3.66. The number of thiophene rings is 1. The van der Waals surface area contributed by atoms with Crippen molar-refractivity contribution in [2.24, 2.45) is 17.3 Å². The van der Waals surface area contributed by atoms with Crippen molar-refractivity contribution < 1.29 is 9.59 Å². The lowest BCUT2D eigenvalue weighted by molar-refractivity contribution is -0.147. The van der Waals surface area contributed by atoms with Gasteiger partial charge in [0.15, 0.2) is 0 Å². The molecule has 1 aliphatic carbocycles. The smallest absolute Gasteiger partial charge is 0.230 e. The number of carbonyl (C=O) groups excluding carboxylic acids is 2. The number of carbonyl (C=O) groups is 2. The number of hydrogen-bond acceptors (Lipinski definition) is 3. The molecule has 0 radical (unpaired) electrons. The normalized spacial score (nSPS) is 26.2. The Hall–Kier alpha value is -2.14. The Bertz CT molecular complexity index is 892. The number of nitrogens with zero attached hydrogens (tertiary/aromatic N) is 2. The minimum Gasteiger partial charge on any atom is -0.348 e. The van der Waals surface area contributed by atoms with Gasteiger partial charge in [-0.3, -0.25) is 9.59 Å². The van der Waals surface area contributed by atoms with Gasteiger partial charge >= 0.3 is 0 Å². The van der Waals surface area contributed by atoms with Crippen LogP contribution >= 0.6 is 11.3 Å². The topological polar surface area (TPSA) is 40.6 Å². The fourth-order valence-corrected chi connectivity index (χ4v) is 5.59. The number of hydrogen-bond donors (Lipinski definition) is 0. The van der Waals surface area contributed by atoms with E-state index in [2.05, 4.69) is 48.7 Å². The molecule has 0 bridgehead atoms. The maximum Gasteiger partial charge on any atom is 0.230 e. The van der Waals surface area contributed by atoms with E-state index in [0.29, 0.717) is 18.9 Å². The van der Waals surface area contributed by atoms with Gasteiger partial charge in [-0.2, -0.15) is 0 Å². The zero-order valence-corrected chi connectivity index (χ0v) is 18.4. The van der Waals surface area contributed by atoms with Crippen LogP contribution in [-0.2, 0) is 16.0 Å². The largest absolute Gasteiger partial charge is 0.348 e. The Morgan fingerprint density at radius 2 is 1.97 bits per heavy atom. The molecule has 1 aromatic heterocycles. The molecule has 3 atom stereocenters. The summed E-state index contributed by atoms with van der Waals surface area (Å²) in [6, 6.07) is 12.6. The van der Waals surface area contributed by atoms with Gasteiger partial charge in [-0.05, 0) is 54.2 Å². The molecule has 154 valence electrons. The highest BCUT2D eigenvalue weighted by Gasteiger charge is 2.48. The Kier molecular flexibility index (Phi) is 5.52. The molecular weight excluding hydrogens is 380 g/mol. The summed E-state index contributed by atoms with van der Waals surface area (Å²) >= 11 is 1.72. The monoisotopic (exact) mass is 410 g/mol. The van der Waals surface area contributed by atoms with E-state index in [1.165, 1.54) is 16.0 Å². The van der Waals surface area contributed by atoms with Gasteiger partial charge in [-0.1, -0.05) is 37.3 Å². The minimum atomic E-state index is -0.553. The van der Waals surface area contributed by atoms with Crippen molar-refractivity contribution in [3.8, 4) is 10.4 Å². The zero-order valence-electron chi connectivity index (χ0n) is 17.6. The number of likely N-dealkylation sites (tertiary alicyclic amines) is 1. The summed E-state index contributed by atoms with van der Waals surface area (Å²) in [5, 5.41) is 2.09. The fourth-order valence-electron chi connectivity index (χ4n) is 4.80. The Labute approximate surface area is 177 Å². The van der Waals surface area contributed by atoms with Crippen molar-refractivity contribution in [3.63, 3.8) is 0 Å². The second-order valence-electron chi connectivity index (χ2n) is 8.97. The van der Waals surface area contributed by atoms with E-state index in [4.69, 9.17) is 0 Å². The summed E-state index contributed by atoms with van der Waals surface area (Å²) in [6.45, 7) is 3.45. The lowest BCUT2D eigenvalue weighted by atomic mass is 9.73. The van der Waals surface area contributed by atoms with Crippen molar-refractivity contribution in [3.05, 3.63) is 47.3 Å². The molecule has 2 aliphatic rings. The quantitative estimate of drug-likeness (QED) is 0.737. The standard InChI is InChI=1S/C24H30N2O2S/c1-17-14-20(17)22(27)26-12-7-11-24(16-26,23(28)25(2)3)15-18-8-4-5-9-19(18)21-10-6-13-29-21/h4-6,8-10,13,17,20H,7,11-12,14-16H2,1-3H3/t17-,20-,24-/m1/s1. The van der Waals surface area contributed by atoms with Crippen LogP contribution in [0.5, 0.6) is 0 Å². The lowest BCUT2D eigenvalue weighted by Crippen LogP contribution is -2.54. The van der Waals surface area contributed by atoms with Crippen LogP contribution in [0.2, 0.25) is 0 Å². The lowest BCUT2D eigenvalue weighted by Gasteiger charge is -2.43. The van der Waals surface area contributed by atoms with Gasteiger partial charge < -0.3 is 9.80 Å². The highest BCUT2D eigenvalue weighted by atomic mass is 32.1. The van der Waals surface area contributed by atoms with E-state index >= 15 is 0 Å². The predicted octanol–water partition coefficient (Wildman–Crippen LogP) is 4.31. The van der Waals surface area contributed by atoms with Gasteiger partial charge in [0.2, 0.25) is 11.8 Å². The van der Waals surface area contributed by atoms with Crippen molar-refractivity contribution in [2.45, 2.75) is 32.6 Å². The van der Waals surface area contributed by atoms with Gasteiger partial charge in [0.05, 0.1) is 5.41 Å². The van der Waals surface area contributed by atoms with Crippen LogP contribution in [0.3, 0.4) is 0 Å². The molecule has 0 N–H and O–H groups in total. The Balaban J connectivity index is 1.66. The molecular formula is C24H30N2O2S. The van der Waals surface area contributed by atoms with Crippen LogP contribution < -0.4 is 0 Å². The molecule has 2 aromatic rings. The third kappa shape index (κ3) is 3.97. The molecule has 29 heavy (non-hydrogen) atoms. The van der Waals surface area contributed by atoms with Crippen molar-refractivity contribution in [1.82, 2.24) is 9.80 Å². The second kappa shape index (κ2) is 7.94. The summed E-state index contributed by atoms with van der Waals surface area (Å²) in [5.74, 6) is 1.04. The first-order chi connectivity index (χ1) is 13.9. The summed E-state index contributed by atoms with van der Waals surface area (Å²) < 4.78 is 0. The van der Waals surface area contributed by atoms with Crippen LogP contribution in [0, 0.1) is 17.3 Å². The van der Waals surface area contributed by atoms with Gasteiger partial charge in [-0.25, -0.2) is 0 Å². The molecule has 1 saturated heterocycles. The van der Waals surface area contributed by atoms with Crippen LogP contribution in [0.1, 0.15) is 31.7 Å². The van der Waals surface area contributed by atoms with Crippen molar-refractivity contribution >= 4 is 23.2 Å². The molecule has 0 unspecified atom stereocenters. The molecule has 0 spiro atoms.